The molecule has 0 aromatic carbocycles. The number of aliphatic imine (C=N–C) groups is 2. The van der Waals surface area contributed by atoms with Gasteiger partial charge in [0.1, 0.15) is 17.4 Å². The van der Waals surface area contributed by atoms with E-state index in [0.29, 0.717) is 29.2 Å². The first-order chi connectivity index (χ1) is 17.9. The van der Waals surface area contributed by atoms with Gasteiger partial charge in [0.05, 0.1) is 0 Å². The van der Waals surface area contributed by atoms with E-state index in [1.165, 1.54) is 5.54 Å². The fourth-order valence-electron chi connectivity index (χ4n) is 3.82. The van der Waals surface area contributed by atoms with Gasteiger partial charge in [0.15, 0.2) is 12.5 Å². The maximum Gasteiger partial charge on any atom is 0.181 e. The number of hydrogen-bond acceptors (Lipinski definition) is 6. The summed E-state index contributed by atoms with van der Waals surface area (Å²) in [5.74, 6) is 2.67. The van der Waals surface area contributed by atoms with E-state index in [4.69, 9.17) is 16.3 Å². The molecule has 0 unspecified atom stereocenters. The number of amidine groups is 1. The molecule has 3 heterocycles. The number of H-pyrrole nitrogens is 2. The second-order valence-corrected chi connectivity index (χ2v) is 8.76. The molecule has 37 heavy (non-hydrogen) atoms. The standard InChI is InChI=1S/C25H34ClN7O2.C2H6/c1-17-11-18(2)29-22(17)6-5-21(14-26)35-16-28-25(33-9-7-20(15-34)8-10-33)13-23(27-4)30-24-12-19(3)31-32-24;1-2/h5-6,11-14,20,29,34H,4,7-10,15-16H2,1-3H3,(H2,30,31,32);1-2H3/b6-5-,21-14-,23-13+,28-25+;. The number of piperidine rings is 1. The molecule has 0 amide bonds. The normalized spacial score (nSPS) is 15.5. The quantitative estimate of drug-likeness (QED) is 0.140. The molecular weight excluding hydrogens is 490 g/mol. The Morgan fingerprint density at radius 3 is 2.54 bits per heavy atom. The summed E-state index contributed by atoms with van der Waals surface area (Å²) in [6, 6.07) is 3.96. The minimum absolute atomic E-state index is 0.0727. The van der Waals surface area contributed by atoms with Crippen LogP contribution in [0.5, 0.6) is 0 Å². The predicted octanol–water partition coefficient (Wildman–Crippen LogP) is 5.51. The number of anilines is 1. The number of aliphatic hydroxyl groups is 1. The van der Waals surface area contributed by atoms with Crippen LogP contribution in [-0.4, -0.2) is 64.2 Å². The fraction of sp³-hybridized carbons (Fsp3) is 0.444. The Bertz CT molecular complexity index is 1110. The van der Waals surface area contributed by atoms with Crippen molar-refractivity contribution in [1.29, 1.82) is 0 Å². The number of aromatic amines is 2. The molecule has 10 heteroatoms. The first-order valence-corrected chi connectivity index (χ1v) is 13.0. The molecule has 2 aromatic rings. The van der Waals surface area contributed by atoms with Gasteiger partial charge in [-0.3, -0.25) is 5.10 Å². The maximum atomic E-state index is 9.50. The Hall–Kier alpha value is -3.30. The number of rotatable bonds is 10. The van der Waals surface area contributed by atoms with Gasteiger partial charge >= 0.3 is 0 Å². The molecule has 2 aromatic heterocycles. The minimum Gasteiger partial charge on any atom is -0.470 e. The Balaban J connectivity index is 0.00000235. The zero-order valence-electron chi connectivity index (χ0n) is 22.5. The van der Waals surface area contributed by atoms with Crippen LogP contribution in [0.3, 0.4) is 0 Å². The highest BCUT2D eigenvalue weighted by atomic mass is 35.5. The summed E-state index contributed by atoms with van der Waals surface area (Å²) in [4.78, 5) is 14.2. The second-order valence-electron chi connectivity index (χ2n) is 8.55. The van der Waals surface area contributed by atoms with E-state index in [9.17, 15) is 5.11 Å². The number of likely N-dealkylation sites (tertiary alicyclic amines) is 1. The van der Waals surface area contributed by atoms with Crippen molar-refractivity contribution in [3.63, 3.8) is 0 Å². The minimum atomic E-state index is 0.0727. The number of hydrogen-bond donors (Lipinski definition) is 4. The predicted molar refractivity (Wildman–Crippen MR) is 154 cm³/mol. The van der Waals surface area contributed by atoms with Crippen molar-refractivity contribution in [2.45, 2.75) is 47.5 Å². The lowest BCUT2D eigenvalue weighted by Crippen LogP contribution is -2.39. The van der Waals surface area contributed by atoms with Crippen LogP contribution in [-0.2, 0) is 4.74 Å². The van der Waals surface area contributed by atoms with Gasteiger partial charge in [0.25, 0.3) is 0 Å². The molecule has 0 bridgehead atoms. The third kappa shape index (κ3) is 9.59. The van der Waals surface area contributed by atoms with Gasteiger partial charge in [-0.25, -0.2) is 9.98 Å². The monoisotopic (exact) mass is 529 g/mol. The smallest absolute Gasteiger partial charge is 0.181 e. The van der Waals surface area contributed by atoms with Crippen molar-refractivity contribution >= 4 is 36.0 Å². The highest BCUT2D eigenvalue weighted by Gasteiger charge is 2.20. The Kier molecular flexibility index (Phi) is 12.7. The molecule has 0 saturated carbocycles. The van der Waals surface area contributed by atoms with Gasteiger partial charge in [-0.1, -0.05) is 25.4 Å². The average Bonchev–Trinajstić information content (AvgIpc) is 3.48. The van der Waals surface area contributed by atoms with Crippen LogP contribution < -0.4 is 5.32 Å². The van der Waals surface area contributed by atoms with Crippen LogP contribution in [0.1, 0.15) is 49.3 Å². The van der Waals surface area contributed by atoms with Crippen LogP contribution in [0.2, 0.25) is 0 Å². The number of aromatic nitrogens is 3. The fourth-order valence-corrected chi connectivity index (χ4v) is 3.95. The number of aliphatic hydroxyl groups excluding tert-OH is 1. The maximum absolute atomic E-state index is 9.50. The highest BCUT2D eigenvalue weighted by molar-refractivity contribution is 6.25. The summed E-state index contributed by atoms with van der Waals surface area (Å²) >= 11 is 5.99. The van der Waals surface area contributed by atoms with Gasteiger partial charge in [0.2, 0.25) is 0 Å². The Morgan fingerprint density at radius 1 is 1.27 bits per heavy atom. The van der Waals surface area contributed by atoms with Crippen LogP contribution in [0, 0.1) is 26.7 Å². The summed E-state index contributed by atoms with van der Waals surface area (Å²) in [6.07, 6.45) is 7.33. The average molecular weight is 530 g/mol. The van der Waals surface area contributed by atoms with Crippen LogP contribution >= 0.6 is 11.6 Å². The number of halogens is 1. The molecule has 9 nitrogen and oxygen atoms in total. The van der Waals surface area contributed by atoms with Gasteiger partial charge < -0.3 is 25.0 Å². The van der Waals surface area contributed by atoms with Crippen molar-refractivity contribution in [2.75, 3.05) is 31.7 Å². The summed E-state index contributed by atoms with van der Waals surface area (Å²) in [5, 5.41) is 19.7. The molecule has 0 aliphatic carbocycles. The second kappa shape index (κ2) is 15.7. The van der Waals surface area contributed by atoms with E-state index in [0.717, 1.165) is 48.6 Å². The first-order valence-electron chi connectivity index (χ1n) is 12.6. The lowest BCUT2D eigenvalue weighted by Gasteiger charge is -2.32. The van der Waals surface area contributed by atoms with Crippen LogP contribution in [0.25, 0.3) is 6.08 Å². The first kappa shape index (κ1) is 29.9. The number of nitrogens with zero attached hydrogens (tertiary/aromatic N) is 4. The van der Waals surface area contributed by atoms with E-state index in [-0.39, 0.29) is 13.3 Å². The molecular formula is C27H40ClN7O2. The topological polar surface area (TPSA) is 114 Å². The Morgan fingerprint density at radius 2 is 2.00 bits per heavy atom. The SMILES string of the molecule is C=N/C(=C\C(=N/COC(/C=C\c1[nH]c(C)cc1C)=C\Cl)N1CCC(CO)CC1)Nc1cc(C)[nH]n1.CC. The molecule has 4 N–H and O–H groups in total. The lowest BCUT2D eigenvalue weighted by molar-refractivity contribution is 0.165. The van der Waals surface area contributed by atoms with Gasteiger partial charge in [0, 0.05) is 54.5 Å². The summed E-state index contributed by atoms with van der Waals surface area (Å²) < 4.78 is 5.82. The van der Waals surface area contributed by atoms with Crippen LogP contribution in [0.4, 0.5) is 5.82 Å². The van der Waals surface area contributed by atoms with Crippen LogP contribution in [0.15, 0.2) is 51.4 Å². The van der Waals surface area contributed by atoms with E-state index < -0.39 is 0 Å². The molecule has 0 radical (unpaired) electrons. The van der Waals surface area contributed by atoms with E-state index in [1.54, 1.807) is 6.08 Å². The molecule has 3 rings (SSSR count). The molecule has 1 saturated heterocycles. The number of allylic oxidation sites excluding steroid dienone is 1. The number of aryl methyl sites for hydroxylation is 3. The largest absolute Gasteiger partial charge is 0.470 e. The zero-order valence-corrected chi connectivity index (χ0v) is 23.3. The number of ether oxygens (including phenoxy) is 1. The molecule has 202 valence electrons. The molecule has 0 spiro atoms. The molecule has 1 aliphatic heterocycles. The third-order valence-corrected chi connectivity index (χ3v) is 5.98. The van der Waals surface area contributed by atoms with Gasteiger partial charge in [-0.2, -0.15) is 5.10 Å². The van der Waals surface area contributed by atoms with E-state index >= 15 is 0 Å². The molecule has 1 fully saturated rings. The van der Waals surface area contributed by atoms with Crippen molar-refractivity contribution in [3.8, 4) is 0 Å². The van der Waals surface area contributed by atoms with Gasteiger partial charge in [-0.05, 0) is 70.0 Å². The molecule has 1 aliphatic rings. The third-order valence-electron chi connectivity index (χ3n) is 5.76. The van der Waals surface area contributed by atoms with Crippen molar-refractivity contribution in [1.82, 2.24) is 20.1 Å². The van der Waals surface area contributed by atoms with Crippen molar-refractivity contribution < 1.29 is 9.84 Å². The summed E-state index contributed by atoms with van der Waals surface area (Å²) in [7, 11) is 0. The van der Waals surface area contributed by atoms with Gasteiger partial charge in [-0.15, -0.1) is 0 Å². The van der Waals surface area contributed by atoms with E-state index in [1.807, 2.05) is 52.8 Å². The molecule has 0 atom stereocenters. The highest BCUT2D eigenvalue weighted by Crippen LogP contribution is 2.19. The number of nitrogens with one attached hydrogen (secondary N) is 3. The van der Waals surface area contributed by atoms with E-state index in [2.05, 4.69) is 48.2 Å². The Labute approximate surface area is 225 Å². The van der Waals surface area contributed by atoms with Crippen molar-refractivity contribution in [3.05, 3.63) is 64.0 Å². The zero-order chi connectivity index (χ0) is 27.2. The summed E-state index contributed by atoms with van der Waals surface area (Å²) in [5.41, 5.74) is 5.56. The lowest BCUT2D eigenvalue weighted by atomic mass is 9.98. The van der Waals surface area contributed by atoms with Crippen molar-refractivity contribution in [2.24, 2.45) is 15.9 Å². The summed E-state index contributed by atoms with van der Waals surface area (Å²) in [6.45, 7) is 15.5.